The van der Waals surface area contributed by atoms with Crippen LogP contribution in [-0.2, 0) is 9.47 Å². The topological polar surface area (TPSA) is 66.9 Å². The Bertz CT molecular complexity index is 964. The molecule has 1 aromatic carbocycles. The fourth-order valence-electron chi connectivity index (χ4n) is 4.57. The molecule has 0 bridgehead atoms. The Labute approximate surface area is 172 Å². The summed E-state index contributed by atoms with van der Waals surface area (Å²) in [4.78, 5) is 21.4. The molecule has 1 spiro atoms. The molecule has 4 heterocycles. The van der Waals surface area contributed by atoms with Crippen LogP contribution in [-0.4, -0.2) is 74.1 Å². The molecule has 3 aliphatic heterocycles. The Morgan fingerprint density at radius 2 is 1.70 bits per heavy atom. The molecule has 0 radical (unpaired) electrons. The van der Waals surface area contributed by atoms with Crippen LogP contribution in [0.2, 0.25) is 0 Å². The van der Waals surface area contributed by atoms with E-state index in [-0.39, 0.29) is 5.91 Å². The van der Waals surface area contributed by atoms with Gasteiger partial charge in [-0.1, -0.05) is 0 Å². The molecule has 1 amide bonds. The maximum Gasteiger partial charge on any atom is 0.257 e. The van der Waals surface area contributed by atoms with Crippen LogP contribution < -0.4 is 10.2 Å². The normalized spacial score (nSPS) is 21.5. The molecule has 160 valence electrons. The van der Waals surface area contributed by atoms with E-state index in [1.165, 1.54) is 6.20 Å². The van der Waals surface area contributed by atoms with Gasteiger partial charge in [-0.2, -0.15) is 0 Å². The van der Waals surface area contributed by atoms with E-state index in [9.17, 15) is 13.6 Å². The summed E-state index contributed by atoms with van der Waals surface area (Å²) < 4.78 is 39.6. The smallest absolute Gasteiger partial charge is 0.257 e. The van der Waals surface area contributed by atoms with E-state index >= 15 is 0 Å². The molecule has 0 atom stereocenters. The standard InChI is InChI=1S/C21H24F2N4O3/c22-16-11-14-18(12-17(16)23)25-13-15(20(28)27-7-3-24-4-8-27)19(14)26-5-1-21(2-6-26)29-9-10-30-21/h11-13,24H,1-10H2. The second kappa shape index (κ2) is 7.72. The van der Waals surface area contributed by atoms with Crippen LogP contribution in [0, 0.1) is 11.6 Å². The second-order valence-corrected chi connectivity index (χ2v) is 7.94. The number of hydrogen-bond donors (Lipinski definition) is 1. The average molecular weight is 418 g/mol. The molecule has 1 aromatic heterocycles. The van der Waals surface area contributed by atoms with Crippen molar-refractivity contribution in [3.8, 4) is 0 Å². The Balaban J connectivity index is 1.56. The van der Waals surface area contributed by atoms with Crippen LogP contribution in [0.1, 0.15) is 23.2 Å². The molecule has 0 saturated carbocycles. The van der Waals surface area contributed by atoms with Crippen LogP contribution in [0.4, 0.5) is 14.5 Å². The third kappa shape index (κ3) is 3.40. The van der Waals surface area contributed by atoms with Crippen molar-refractivity contribution in [2.24, 2.45) is 0 Å². The van der Waals surface area contributed by atoms with Crippen LogP contribution in [0.5, 0.6) is 0 Å². The van der Waals surface area contributed by atoms with E-state index in [1.807, 2.05) is 4.90 Å². The molecular weight excluding hydrogens is 394 g/mol. The number of nitrogens with one attached hydrogen (secondary N) is 1. The molecule has 3 aliphatic rings. The van der Waals surface area contributed by atoms with Crippen molar-refractivity contribution in [1.29, 1.82) is 0 Å². The van der Waals surface area contributed by atoms with Crippen molar-refractivity contribution >= 4 is 22.5 Å². The van der Waals surface area contributed by atoms with Gasteiger partial charge in [0, 0.05) is 69.8 Å². The number of hydrogen-bond acceptors (Lipinski definition) is 6. The molecule has 1 N–H and O–H groups in total. The molecule has 2 aromatic rings. The molecule has 3 fully saturated rings. The first-order valence-corrected chi connectivity index (χ1v) is 10.4. The third-order valence-electron chi connectivity index (χ3n) is 6.17. The number of amides is 1. The Morgan fingerprint density at radius 1 is 1.03 bits per heavy atom. The molecule has 7 nitrogen and oxygen atoms in total. The van der Waals surface area contributed by atoms with Gasteiger partial charge in [0.1, 0.15) is 0 Å². The number of pyridine rings is 1. The minimum absolute atomic E-state index is 0.140. The highest BCUT2D eigenvalue weighted by Crippen LogP contribution is 2.38. The quantitative estimate of drug-likeness (QED) is 0.804. The van der Waals surface area contributed by atoms with E-state index in [1.54, 1.807) is 4.90 Å². The van der Waals surface area contributed by atoms with Crippen LogP contribution in [0.3, 0.4) is 0 Å². The number of benzene rings is 1. The minimum atomic E-state index is -0.951. The van der Waals surface area contributed by atoms with Crippen molar-refractivity contribution in [3.63, 3.8) is 0 Å². The molecule has 9 heteroatoms. The van der Waals surface area contributed by atoms with Gasteiger partial charge in [0.2, 0.25) is 0 Å². The first-order chi connectivity index (χ1) is 14.6. The van der Waals surface area contributed by atoms with Crippen LogP contribution in [0.25, 0.3) is 10.9 Å². The largest absolute Gasteiger partial charge is 0.370 e. The first-order valence-electron chi connectivity index (χ1n) is 10.4. The van der Waals surface area contributed by atoms with Gasteiger partial charge in [-0.05, 0) is 6.07 Å². The van der Waals surface area contributed by atoms with Gasteiger partial charge in [0.05, 0.1) is 30.0 Å². The third-order valence-corrected chi connectivity index (χ3v) is 6.17. The van der Waals surface area contributed by atoms with E-state index in [2.05, 4.69) is 10.3 Å². The summed E-state index contributed by atoms with van der Waals surface area (Å²) in [6.07, 6.45) is 2.77. The zero-order valence-corrected chi connectivity index (χ0v) is 16.6. The van der Waals surface area contributed by atoms with Gasteiger partial charge < -0.3 is 24.6 Å². The summed E-state index contributed by atoms with van der Waals surface area (Å²) in [5.74, 6) is -2.61. The van der Waals surface area contributed by atoms with E-state index in [0.29, 0.717) is 74.4 Å². The SMILES string of the molecule is O=C(c1cnc2cc(F)c(F)cc2c1N1CCC2(CC1)OCCO2)N1CCNCC1. The summed E-state index contributed by atoms with van der Waals surface area (Å²) in [6.45, 7) is 4.97. The molecule has 3 saturated heterocycles. The first kappa shape index (κ1) is 19.6. The van der Waals surface area contributed by atoms with Crippen LogP contribution >= 0.6 is 0 Å². The number of carbonyl (C=O) groups excluding carboxylic acids is 1. The molecule has 30 heavy (non-hydrogen) atoms. The van der Waals surface area contributed by atoms with Crippen molar-refractivity contribution in [3.05, 3.63) is 35.5 Å². The Hall–Kier alpha value is -2.36. The van der Waals surface area contributed by atoms with Gasteiger partial charge in [-0.3, -0.25) is 9.78 Å². The van der Waals surface area contributed by atoms with E-state index < -0.39 is 17.4 Å². The lowest BCUT2D eigenvalue weighted by Crippen LogP contribution is -2.48. The number of aromatic nitrogens is 1. The lowest BCUT2D eigenvalue weighted by Gasteiger charge is -2.40. The highest BCUT2D eigenvalue weighted by Gasteiger charge is 2.41. The lowest BCUT2D eigenvalue weighted by molar-refractivity contribution is -0.169. The summed E-state index contributed by atoms with van der Waals surface area (Å²) >= 11 is 0. The monoisotopic (exact) mass is 418 g/mol. The fourth-order valence-corrected chi connectivity index (χ4v) is 4.57. The zero-order valence-electron chi connectivity index (χ0n) is 16.6. The number of piperidine rings is 1. The zero-order chi connectivity index (χ0) is 20.7. The predicted octanol–water partition coefficient (Wildman–Crippen LogP) is 1.90. The molecular formula is C21H24F2N4O3. The maximum absolute atomic E-state index is 14.2. The Morgan fingerprint density at radius 3 is 2.40 bits per heavy atom. The van der Waals surface area contributed by atoms with Crippen molar-refractivity contribution in [2.75, 3.05) is 57.4 Å². The summed E-state index contributed by atoms with van der Waals surface area (Å²) in [5.41, 5.74) is 1.35. The number of rotatable bonds is 2. The van der Waals surface area contributed by atoms with Gasteiger partial charge in [0.15, 0.2) is 17.4 Å². The highest BCUT2D eigenvalue weighted by molar-refractivity contribution is 6.07. The number of ether oxygens (including phenoxy) is 2. The van der Waals surface area contributed by atoms with Crippen molar-refractivity contribution in [2.45, 2.75) is 18.6 Å². The maximum atomic E-state index is 14.2. The number of fused-ring (bicyclic) bond motifs is 1. The average Bonchev–Trinajstić information content (AvgIpc) is 3.23. The van der Waals surface area contributed by atoms with Crippen LogP contribution in [0.15, 0.2) is 18.3 Å². The minimum Gasteiger partial charge on any atom is -0.370 e. The number of carbonyl (C=O) groups is 1. The van der Waals surface area contributed by atoms with Crippen molar-refractivity contribution in [1.82, 2.24) is 15.2 Å². The van der Waals surface area contributed by atoms with E-state index in [0.717, 1.165) is 25.2 Å². The summed E-state index contributed by atoms with van der Waals surface area (Å²) in [7, 11) is 0. The number of piperazine rings is 1. The number of anilines is 1. The van der Waals surface area contributed by atoms with Gasteiger partial charge in [-0.15, -0.1) is 0 Å². The molecule has 0 aliphatic carbocycles. The van der Waals surface area contributed by atoms with E-state index in [4.69, 9.17) is 9.47 Å². The molecule has 5 rings (SSSR count). The number of halogens is 2. The fraction of sp³-hybridized carbons (Fsp3) is 0.524. The lowest BCUT2D eigenvalue weighted by atomic mass is 9.99. The van der Waals surface area contributed by atoms with Gasteiger partial charge in [0.25, 0.3) is 5.91 Å². The van der Waals surface area contributed by atoms with Gasteiger partial charge in [-0.25, -0.2) is 8.78 Å². The van der Waals surface area contributed by atoms with Crippen molar-refractivity contribution < 1.29 is 23.0 Å². The molecule has 0 unspecified atom stereocenters. The second-order valence-electron chi connectivity index (χ2n) is 7.94. The Kier molecular flexibility index (Phi) is 5.04. The highest BCUT2D eigenvalue weighted by atomic mass is 19.2. The predicted molar refractivity (Wildman–Crippen MR) is 107 cm³/mol. The van der Waals surface area contributed by atoms with Gasteiger partial charge >= 0.3 is 0 Å². The summed E-state index contributed by atoms with van der Waals surface area (Å²) in [5, 5.41) is 3.67. The summed E-state index contributed by atoms with van der Waals surface area (Å²) in [6, 6.07) is 2.23. The number of nitrogens with zero attached hydrogens (tertiary/aromatic N) is 3.